The molecule has 1 N–H and O–H groups in total. The first-order valence-electron chi connectivity index (χ1n) is 11.3. The normalized spacial score (nSPS) is 17.2. The largest absolute Gasteiger partial charge is 0.493 e. The van der Waals surface area contributed by atoms with Crippen LogP contribution in [0.5, 0.6) is 11.5 Å². The van der Waals surface area contributed by atoms with Gasteiger partial charge < -0.3 is 14.8 Å². The van der Waals surface area contributed by atoms with Crippen molar-refractivity contribution in [2.45, 2.75) is 96.4 Å². The van der Waals surface area contributed by atoms with Gasteiger partial charge in [-0.1, -0.05) is 63.9 Å². The number of ether oxygens (including phenoxy) is 2. The van der Waals surface area contributed by atoms with Gasteiger partial charge in [0, 0.05) is 12.5 Å². The molecule has 1 aliphatic rings. The lowest BCUT2D eigenvalue weighted by Gasteiger charge is -2.19. The van der Waals surface area contributed by atoms with Gasteiger partial charge in [0.15, 0.2) is 11.5 Å². The van der Waals surface area contributed by atoms with Crippen molar-refractivity contribution in [1.82, 2.24) is 5.32 Å². The summed E-state index contributed by atoms with van der Waals surface area (Å²) in [6.07, 6.45) is 15.4. The Bertz CT molecular complexity index is 561. The number of nitrogens with one attached hydrogen (secondary N) is 1. The first-order chi connectivity index (χ1) is 13.7. The van der Waals surface area contributed by atoms with Crippen LogP contribution in [-0.2, 0) is 11.2 Å². The lowest BCUT2D eigenvalue weighted by molar-refractivity contribution is -0.121. The van der Waals surface area contributed by atoms with Crippen LogP contribution in [0.15, 0.2) is 18.2 Å². The molecular weight excluding hydrogens is 350 g/mol. The van der Waals surface area contributed by atoms with E-state index in [0.29, 0.717) is 19.1 Å². The van der Waals surface area contributed by atoms with Crippen LogP contribution in [0, 0.1) is 0 Å². The zero-order valence-corrected chi connectivity index (χ0v) is 17.9. The van der Waals surface area contributed by atoms with Gasteiger partial charge in [0.05, 0.1) is 13.7 Å². The van der Waals surface area contributed by atoms with E-state index in [-0.39, 0.29) is 5.91 Å². The maximum atomic E-state index is 12.5. The van der Waals surface area contributed by atoms with Crippen LogP contribution in [0.4, 0.5) is 0 Å². The third-order valence-corrected chi connectivity index (χ3v) is 5.64. The summed E-state index contributed by atoms with van der Waals surface area (Å²) in [6, 6.07) is 6.29. The lowest BCUT2D eigenvalue weighted by Crippen LogP contribution is -2.35. The lowest BCUT2D eigenvalue weighted by atomic mass is 9.97. The van der Waals surface area contributed by atoms with Gasteiger partial charge in [0.2, 0.25) is 5.91 Å². The number of benzene rings is 1. The average Bonchev–Trinajstić information content (AvgIpc) is 2.69. The van der Waals surface area contributed by atoms with Crippen LogP contribution >= 0.6 is 0 Å². The second-order valence-corrected chi connectivity index (χ2v) is 7.94. The Morgan fingerprint density at radius 1 is 0.964 bits per heavy atom. The molecule has 0 heterocycles. The van der Waals surface area contributed by atoms with Crippen LogP contribution in [0.2, 0.25) is 0 Å². The molecule has 0 radical (unpaired) electrons. The van der Waals surface area contributed by atoms with E-state index in [1.165, 1.54) is 57.8 Å². The van der Waals surface area contributed by atoms with E-state index in [1.54, 1.807) is 7.11 Å². The van der Waals surface area contributed by atoms with E-state index in [4.69, 9.17) is 9.47 Å². The highest BCUT2D eigenvalue weighted by molar-refractivity contribution is 5.76. The van der Waals surface area contributed by atoms with Crippen LogP contribution in [-0.4, -0.2) is 25.7 Å². The van der Waals surface area contributed by atoms with Crippen molar-refractivity contribution in [3.05, 3.63) is 23.8 Å². The Morgan fingerprint density at radius 3 is 2.14 bits per heavy atom. The quantitative estimate of drug-likeness (QED) is 0.639. The predicted molar refractivity (Wildman–Crippen MR) is 115 cm³/mol. The Kier molecular flexibility index (Phi) is 10.9. The summed E-state index contributed by atoms with van der Waals surface area (Å²) in [5, 5.41) is 3.31. The fourth-order valence-corrected chi connectivity index (χ4v) is 4.01. The Balaban J connectivity index is 1.80. The predicted octanol–water partition coefficient (Wildman–Crippen LogP) is 5.82. The summed E-state index contributed by atoms with van der Waals surface area (Å²) in [7, 11) is 1.65. The molecule has 4 nitrogen and oxygen atoms in total. The smallest absolute Gasteiger partial charge is 0.220 e. The summed E-state index contributed by atoms with van der Waals surface area (Å²) in [4.78, 5) is 12.5. The minimum Gasteiger partial charge on any atom is -0.493 e. The van der Waals surface area contributed by atoms with Crippen molar-refractivity contribution < 1.29 is 14.3 Å². The molecule has 4 heteroatoms. The number of carbonyl (C=O) groups excluding carboxylic acids is 1. The maximum absolute atomic E-state index is 12.5. The fraction of sp³-hybridized carbons (Fsp3) is 0.708. The van der Waals surface area contributed by atoms with Crippen LogP contribution < -0.4 is 14.8 Å². The molecule has 1 aromatic rings. The molecule has 1 aromatic carbocycles. The third kappa shape index (κ3) is 8.53. The monoisotopic (exact) mass is 389 g/mol. The number of hydrogen-bond donors (Lipinski definition) is 1. The second-order valence-electron chi connectivity index (χ2n) is 7.94. The Morgan fingerprint density at radius 2 is 1.57 bits per heavy atom. The van der Waals surface area contributed by atoms with E-state index in [0.717, 1.165) is 36.3 Å². The highest BCUT2D eigenvalue weighted by Gasteiger charge is 2.13. The number of amides is 1. The van der Waals surface area contributed by atoms with Crippen molar-refractivity contribution in [2.24, 2.45) is 0 Å². The minimum absolute atomic E-state index is 0.171. The molecule has 1 aliphatic carbocycles. The minimum atomic E-state index is 0.171. The Labute approximate surface area is 171 Å². The molecule has 0 bridgehead atoms. The standard InChI is InChI=1S/C24H39NO3/c1-3-28-22-17-15-20(19-23(22)27-2)16-18-24(26)25-21-13-11-9-7-5-4-6-8-10-12-14-21/h15,17,19,21H,3-14,16,18H2,1-2H3,(H,25,26). The first kappa shape index (κ1) is 22.6. The highest BCUT2D eigenvalue weighted by Crippen LogP contribution is 2.28. The summed E-state index contributed by atoms with van der Waals surface area (Å²) >= 11 is 0. The third-order valence-electron chi connectivity index (χ3n) is 5.64. The summed E-state index contributed by atoms with van der Waals surface area (Å²) in [5.41, 5.74) is 1.11. The van der Waals surface area contributed by atoms with Gasteiger partial charge in [0.1, 0.15) is 0 Å². The molecule has 0 atom stereocenters. The van der Waals surface area contributed by atoms with E-state index < -0.39 is 0 Å². The SMILES string of the molecule is CCOc1ccc(CCC(=O)NC2CCCCCCCCCCC2)cc1OC. The topological polar surface area (TPSA) is 47.6 Å². The van der Waals surface area contributed by atoms with Gasteiger partial charge in [-0.05, 0) is 43.9 Å². The number of hydrogen-bond acceptors (Lipinski definition) is 3. The molecule has 0 aliphatic heterocycles. The van der Waals surface area contributed by atoms with Gasteiger partial charge in [0.25, 0.3) is 0 Å². The van der Waals surface area contributed by atoms with Gasteiger partial charge >= 0.3 is 0 Å². The molecule has 0 aromatic heterocycles. The summed E-state index contributed by atoms with van der Waals surface area (Å²) in [5.74, 6) is 1.66. The van der Waals surface area contributed by atoms with Gasteiger partial charge in [-0.15, -0.1) is 0 Å². The van der Waals surface area contributed by atoms with Gasteiger partial charge in [-0.3, -0.25) is 4.79 Å². The number of aryl methyl sites for hydroxylation is 1. The number of rotatable bonds is 7. The molecule has 1 fully saturated rings. The van der Waals surface area contributed by atoms with Crippen molar-refractivity contribution in [1.29, 1.82) is 0 Å². The zero-order valence-electron chi connectivity index (χ0n) is 17.9. The second kappa shape index (κ2) is 13.5. The molecule has 0 spiro atoms. The molecule has 0 saturated heterocycles. The summed E-state index contributed by atoms with van der Waals surface area (Å²) in [6.45, 7) is 2.57. The maximum Gasteiger partial charge on any atom is 0.220 e. The van der Waals surface area contributed by atoms with Crippen LogP contribution in [0.3, 0.4) is 0 Å². The highest BCUT2D eigenvalue weighted by atomic mass is 16.5. The number of carbonyl (C=O) groups is 1. The zero-order chi connectivity index (χ0) is 20.0. The van der Waals surface area contributed by atoms with E-state index in [2.05, 4.69) is 5.32 Å². The molecule has 0 unspecified atom stereocenters. The van der Waals surface area contributed by atoms with Crippen molar-refractivity contribution >= 4 is 5.91 Å². The van der Waals surface area contributed by atoms with E-state index in [1.807, 2.05) is 25.1 Å². The van der Waals surface area contributed by atoms with Crippen LogP contribution in [0.25, 0.3) is 0 Å². The Hall–Kier alpha value is -1.71. The first-order valence-corrected chi connectivity index (χ1v) is 11.3. The van der Waals surface area contributed by atoms with Gasteiger partial charge in [-0.2, -0.15) is 0 Å². The van der Waals surface area contributed by atoms with Crippen molar-refractivity contribution in [3.63, 3.8) is 0 Å². The molecule has 1 amide bonds. The average molecular weight is 390 g/mol. The molecule has 28 heavy (non-hydrogen) atoms. The van der Waals surface area contributed by atoms with Crippen molar-refractivity contribution in [3.8, 4) is 11.5 Å². The van der Waals surface area contributed by atoms with E-state index >= 15 is 0 Å². The molecule has 1 saturated carbocycles. The molecule has 2 rings (SSSR count). The summed E-state index contributed by atoms with van der Waals surface area (Å²) < 4.78 is 11.0. The fourth-order valence-electron chi connectivity index (χ4n) is 4.01. The molecular formula is C24H39NO3. The number of methoxy groups -OCH3 is 1. The molecule has 158 valence electrons. The van der Waals surface area contributed by atoms with Crippen LogP contribution in [0.1, 0.15) is 89.5 Å². The van der Waals surface area contributed by atoms with Crippen molar-refractivity contribution in [2.75, 3.05) is 13.7 Å². The van der Waals surface area contributed by atoms with Gasteiger partial charge in [-0.25, -0.2) is 0 Å². The van der Waals surface area contributed by atoms with E-state index in [9.17, 15) is 4.79 Å².